The molecule has 100 valence electrons. The fourth-order valence-corrected chi connectivity index (χ4v) is 1.62. The van der Waals surface area contributed by atoms with Crippen LogP contribution < -0.4 is 10.6 Å². The number of aliphatic hydroxyl groups is 1. The molecule has 18 heavy (non-hydrogen) atoms. The summed E-state index contributed by atoms with van der Waals surface area (Å²) in [5.41, 5.74) is 0.353. The summed E-state index contributed by atoms with van der Waals surface area (Å²) >= 11 is 0. The van der Waals surface area contributed by atoms with Crippen molar-refractivity contribution in [1.29, 1.82) is 0 Å². The molecule has 0 bridgehead atoms. The van der Waals surface area contributed by atoms with Crippen LogP contribution in [-0.4, -0.2) is 29.2 Å². The predicted molar refractivity (Wildman–Crippen MR) is 73.5 cm³/mol. The van der Waals surface area contributed by atoms with E-state index in [1.54, 1.807) is 6.92 Å². The molecule has 4 nitrogen and oxygen atoms in total. The molecule has 0 heterocycles. The summed E-state index contributed by atoms with van der Waals surface area (Å²) in [6.45, 7) is 5.68. The Balaban J connectivity index is 2.57. The number of hydrogen-bond donors (Lipinski definition) is 3. The van der Waals surface area contributed by atoms with Gasteiger partial charge in [-0.15, -0.1) is 0 Å². The molecule has 0 aliphatic rings. The van der Waals surface area contributed by atoms with Gasteiger partial charge in [0.25, 0.3) is 0 Å². The molecule has 2 atom stereocenters. The first kappa shape index (κ1) is 14.7. The van der Waals surface area contributed by atoms with Crippen LogP contribution in [0.5, 0.6) is 0 Å². The van der Waals surface area contributed by atoms with E-state index in [9.17, 15) is 9.90 Å². The Morgan fingerprint density at radius 3 is 2.50 bits per heavy atom. The summed E-state index contributed by atoms with van der Waals surface area (Å²) in [6.07, 6.45) is 0.756. The van der Waals surface area contributed by atoms with Crippen molar-refractivity contribution in [3.8, 4) is 0 Å². The van der Waals surface area contributed by atoms with Crippen molar-refractivity contribution in [2.45, 2.75) is 38.8 Å². The molecule has 0 aliphatic carbocycles. The van der Waals surface area contributed by atoms with Crippen LogP contribution in [0.4, 0.5) is 5.69 Å². The number of hydrogen-bond acceptors (Lipinski definition) is 3. The van der Waals surface area contributed by atoms with Crippen LogP contribution in [-0.2, 0) is 4.79 Å². The highest BCUT2D eigenvalue weighted by Crippen LogP contribution is 2.10. The van der Waals surface area contributed by atoms with E-state index in [1.165, 1.54) is 0 Å². The third-order valence-corrected chi connectivity index (χ3v) is 3.13. The molecule has 0 saturated heterocycles. The minimum absolute atomic E-state index is 0.00641. The van der Waals surface area contributed by atoms with Gasteiger partial charge in [-0.1, -0.05) is 25.1 Å². The zero-order chi connectivity index (χ0) is 13.6. The molecule has 4 heteroatoms. The molecule has 2 unspecified atom stereocenters. The zero-order valence-electron chi connectivity index (χ0n) is 11.2. The minimum Gasteiger partial charge on any atom is -0.394 e. The first-order valence-corrected chi connectivity index (χ1v) is 6.25. The van der Waals surface area contributed by atoms with Gasteiger partial charge in [-0.05, 0) is 32.4 Å². The van der Waals surface area contributed by atoms with Gasteiger partial charge in [-0.25, -0.2) is 0 Å². The Morgan fingerprint density at radius 2 is 2.00 bits per heavy atom. The van der Waals surface area contributed by atoms with Gasteiger partial charge in [-0.2, -0.15) is 0 Å². The second-order valence-corrected chi connectivity index (χ2v) is 4.79. The third kappa shape index (κ3) is 4.13. The second-order valence-electron chi connectivity index (χ2n) is 4.79. The number of amides is 1. The molecule has 1 aromatic carbocycles. The van der Waals surface area contributed by atoms with Crippen LogP contribution >= 0.6 is 0 Å². The zero-order valence-corrected chi connectivity index (χ0v) is 11.2. The van der Waals surface area contributed by atoms with Gasteiger partial charge < -0.3 is 10.4 Å². The standard InChI is InChI=1S/C14H22N2O2/c1-4-14(3,10-17)16-11(2)13(18)15-12-8-6-5-7-9-12/h5-9,11,16-17H,4,10H2,1-3H3,(H,15,18). The van der Waals surface area contributed by atoms with E-state index in [0.717, 1.165) is 12.1 Å². The molecule has 0 saturated carbocycles. The van der Waals surface area contributed by atoms with Crippen LogP contribution in [0.1, 0.15) is 27.2 Å². The van der Waals surface area contributed by atoms with Crippen molar-refractivity contribution in [2.75, 3.05) is 11.9 Å². The quantitative estimate of drug-likeness (QED) is 0.721. The topological polar surface area (TPSA) is 61.4 Å². The monoisotopic (exact) mass is 250 g/mol. The van der Waals surface area contributed by atoms with Crippen molar-refractivity contribution >= 4 is 11.6 Å². The Labute approximate surface area is 108 Å². The number of para-hydroxylation sites is 1. The van der Waals surface area contributed by atoms with Crippen molar-refractivity contribution < 1.29 is 9.90 Å². The Hall–Kier alpha value is -1.39. The van der Waals surface area contributed by atoms with E-state index in [-0.39, 0.29) is 18.6 Å². The van der Waals surface area contributed by atoms with Crippen molar-refractivity contribution in [3.63, 3.8) is 0 Å². The van der Waals surface area contributed by atoms with E-state index >= 15 is 0 Å². The molecule has 0 aliphatic heterocycles. The molecule has 0 aromatic heterocycles. The number of carbonyl (C=O) groups excluding carboxylic acids is 1. The normalized spacial score (nSPS) is 15.8. The van der Waals surface area contributed by atoms with Gasteiger partial charge in [0.05, 0.1) is 12.6 Å². The number of nitrogens with one attached hydrogen (secondary N) is 2. The molecule has 0 fully saturated rings. The minimum atomic E-state index is -0.423. The SMILES string of the molecule is CCC(C)(CO)NC(C)C(=O)Nc1ccccc1. The average molecular weight is 250 g/mol. The lowest BCUT2D eigenvalue weighted by Gasteiger charge is -2.30. The van der Waals surface area contributed by atoms with Gasteiger partial charge in [0.2, 0.25) is 5.91 Å². The van der Waals surface area contributed by atoms with E-state index < -0.39 is 5.54 Å². The number of benzene rings is 1. The number of rotatable bonds is 6. The van der Waals surface area contributed by atoms with Crippen molar-refractivity contribution in [2.24, 2.45) is 0 Å². The number of aliphatic hydroxyl groups excluding tert-OH is 1. The number of anilines is 1. The van der Waals surface area contributed by atoms with Crippen LogP contribution in [0.15, 0.2) is 30.3 Å². The van der Waals surface area contributed by atoms with Crippen molar-refractivity contribution in [1.82, 2.24) is 5.32 Å². The van der Waals surface area contributed by atoms with E-state index in [4.69, 9.17) is 0 Å². The van der Waals surface area contributed by atoms with Gasteiger partial charge in [0.15, 0.2) is 0 Å². The van der Waals surface area contributed by atoms with Gasteiger partial charge in [0.1, 0.15) is 0 Å². The highest BCUT2D eigenvalue weighted by molar-refractivity contribution is 5.94. The van der Waals surface area contributed by atoms with Crippen LogP contribution in [0.2, 0.25) is 0 Å². The van der Waals surface area contributed by atoms with E-state index in [0.29, 0.717) is 0 Å². The van der Waals surface area contributed by atoms with E-state index in [2.05, 4.69) is 10.6 Å². The summed E-state index contributed by atoms with van der Waals surface area (Å²) in [5, 5.41) is 15.3. The maximum atomic E-state index is 12.0. The van der Waals surface area contributed by atoms with Gasteiger partial charge in [0, 0.05) is 11.2 Å². The third-order valence-electron chi connectivity index (χ3n) is 3.13. The fraction of sp³-hybridized carbons (Fsp3) is 0.500. The summed E-state index contributed by atoms with van der Waals surface area (Å²) in [7, 11) is 0. The van der Waals surface area contributed by atoms with E-state index in [1.807, 2.05) is 44.2 Å². The average Bonchev–Trinajstić information content (AvgIpc) is 2.39. The summed E-state index contributed by atoms with van der Waals surface area (Å²) in [6, 6.07) is 8.97. The van der Waals surface area contributed by atoms with Crippen molar-refractivity contribution in [3.05, 3.63) is 30.3 Å². The lowest BCUT2D eigenvalue weighted by molar-refractivity contribution is -0.118. The molecule has 3 N–H and O–H groups in total. The predicted octanol–water partition coefficient (Wildman–Crippen LogP) is 1.76. The van der Waals surface area contributed by atoms with Crippen LogP contribution in [0.25, 0.3) is 0 Å². The highest BCUT2D eigenvalue weighted by Gasteiger charge is 2.25. The molecular formula is C14H22N2O2. The molecule has 1 rings (SSSR count). The Bertz CT molecular complexity index is 375. The summed E-state index contributed by atoms with van der Waals surface area (Å²) < 4.78 is 0. The first-order chi connectivity index (χ1) is 8.50. The lowest BCUT2D eigenvalue weighted by atomic mass is 9.99. The number of carbonyl (C=O) groups is 1. The molecule has 1 aromatic rings. The fourth-order valence-electron chi connectivity index (χ4n) is 1.62. The molecular weight excluding hydrogens is 228 g/mol. The van der Waals surface area contributed by atoms with Crippen LogP contribution in [0, 0.1) is 0 Å². The Morgan fingerprint density at radius 1 is 1.39 bits per heavy atom. The molecule has 1 amide bonds. The highest BCUT2D eigenvalue weighted by atomic mass is 16.3. The maximum Gasteiger partial charge on any atom is 0.241 e. The second kappa shape index (κ2) is 6.52. The van der Waals surface area contributed by atoms with Gasteiger partial charge >= 0.3 is 0 Å². The Kier molecular flexibility index (Phi) is 5.31. The first-order valence-electron chi connectivity index (χ1n) is 6.25. The smallest absolute Gasteiger partial charge is 0.241 e. The molecule has 0 radical (unpaired) electrons. The maximum absolute atomic E-state index is 12.0. The summed E-state index contributed by atoms with van der Waals surface area (Å²) in [4.78, 5) is 12.0. The largest absolute Gasteiger partial charge is 0.394 e. The lowest BCUT2D eigenvalue weighted by Crippen LogP contribution is -2.53. The van der Waals surface area contributed by atoms with Gasteiger partial charge in [-0.3, -0.25) is 10.1 Å². The summed E-state index contributed by atoms with van der Waals surface area (Å²) in [5.74, 6) is -0.102. The molecule has 0 spiro atoms. The van der Waals surface area contributed by atoms with Crippen LogP contribution in [0.3, 0.4) is 0 Å².